The second-order valence-electron chi connectivity index (χ2n) is 3.57. The molecule has 2 aromatic heterocycles. The molecule has 0 aromatic carbocycles. The Morgan fingerprint density at radius 1 is 1.25 bits per heavy atom. The molecular formula is C11H15N5. The van der Waals surface area contributed by atoms with Gasteiger partial charge >= 0.3 is 0 Å². The summed E-state index contributed by atoms with van der Waals surface area (Å²) >= 11 is 0. The molecule has 0 amide bonds. The van der Waals surface area contributed by atoms with Crippen molar-refractivity contribution in [1.29, 1.82) is 0 Å². The number of aromatic nitrogens is 4. The van der Waals surface area contributed by atoms with Crippen molar-refractivity contribution in [2.75, 3.05) is 12.4 Å². The molecule has 0 aliphatic heterocycles. The molecule has 2 aromatic rings. The maximum Gasteiger partial charge on any atom is 0.224 e. The Hall–Kier alpha value is -1.91. The maximum absolute atomic E-state index is 4.28. The van der Waals surface area contributed by atoms with Gasteiger partial charge in [-0.05, 0) is 18.6 Å². The molecule has 2 rings (SSSR count). The van der Waals surface area contributed by atoms with Crippen LogP contribution in [0.1, 0.15) is 11.5 Å². The number of hydrogen-bond acceptors (Lipinski definition) is 4. The molecule has 0 saturated heterocycles. The van der Waals surface area contributed by atoms with Crippen molar-refractivity contribution in [2.24, 2.45) is 7.05 Å². The van der Waals surface area contributed by atoms with Crippen molar-refractivity contribution >= 4 is 5.95 Å². The minimum absolute atomic E-state index is 0.788. The van der Waals surface area contributed by atoms with Crippen LogP contribution in [0.25, 0.3) is 0 Å². The smallest absolute Gasteiger partial charge is 0.224 e. The third kappa shape index (κ3) is 2.18. The molecule has 0 radical (unpaired) electrons. The molecule has 1 N–H and O–H groups in total. The van der Waals surface area contributed by atoms with Gasteiger partial charge in [0.15, 0.2) is 0 Å². The van der Waals surface area contributed by atoms with Crippen molar-refractivity contribution in [2.45, 2.75) is 12.8 Å². The predicted octanol–water partition coefficient (Wildman–Crippen LogP) is 1.04. The Morgan fingerprint density at radius 2 is 2.12 bits per heavy atom. The van der Waals surface area contributed by atoms with E-state index < -0.39 is 0 Å². The third-order valence-corrected chi connectivity index (χ3v) is 2.52. The van der Waals surface area contributed by atoms with Gasteiger partial charge in [0.05, 0.1) is 0 Å². The second-order valence-corrected chi connectivity index (χ2v) is 3.57. The third-order valence-electron chi connectivity index (χ3n) is 2.52. The lowest BCUT2D eigenvalue weighted by molar-refractivity contribution is 0.763. The Balaban J connectivity index is 2.02. The van der Waals surface area contributed by atoms with Gasteiger partial charge in [0.25, 0.3) is 0 Å². The van der Waals surface area contributed by atoms with E-state index in [0.29, 0.717) is 0 Å². The van der Waals surface area contributed by atoms with Crippen LogP contribution in [0, 0.1) is 0 Å². The zero-order chi connectivity index (χ0) is 11.4. The number of nitrogens with one attached hydrogen (secondary N) is 1. The van der Waals surface area contributed by atoms with Crippen LogP contribution in [-0.2, 0) is 19.9 Å². The lowest BCUT2D eigenvalue weighted by Gasteiger charge is -2.02. The molecule has 0 atom stereocenters. The van der Waals surface area contributed by atoms with Crippen LogP contribution in [0.15, 0.2) is 24.4 Å². The molecule has 0 bridgehead atoms. The van der Waals surface area contributed by atoms with Crippen LogP contribution in [0.2, 0.25) is 0 Å². The lowest BCUT2D eigenvalue weighted by Crippen LogP contribution is -2.04. The van der Waals surface area contributed by atoms with Gasteiger partial charge in [-0.3, -0.25) is 4.98 Å². The van der Waals surface area contributed by atoms with Crippen molar-refractivity contribution in [3.63, 3.8) is 0 Å². The quantitative estimate of drug-likeness (QED) is 0.831. The molecule has 0 aliphatic carbocycles. The fraction of sp³-hybridized carbons (Fsp3) is 0.364. The molecule has 0 unspecified atom stereocenters. The summed E-state index contributed by atoms with van der Waals surface area (Å²) < 4.78 is 1.96. The SMILES string of the molecule is CNc1nnc(CCc2ccccn2)n1C. The second kappa shape index (κ2) is 4.74. The van der Waals surface area contributed by atoms with Crippen LogP contribution in [0.3, 0.4) is 0 Å². The lowest BCUT2D eigenvalue weighted by atomic mass is 10.2. The average Bonchev–Trinajstić information content (AvgIpc) is 2.69. The van der Waals surface area contributed by atoms with Gasteiger partial charge < -0.3 is 9.88 Å². The van der Waals surface area contributed by atoms with E-state index in [2.05, 4.69) is 20.5 Å². The van der Waals surface area contributed by atoms with Gasteiger partial charge in [-0.15, -0.1) is 10.2 Å². The number of pyridine rings is 1. The predicted molar refractivity (Wildman–Crippen MR) is 62.2 cm³/mol. The highest BCUT2D eigenvalue weighted by Crippen LogP contribution is 2.06. The minimum Gasteiger partial charge on any atom is -0.357 e. The Morgan fingerprint density at radius 3 is 2.75 bits per heavy atom. The summed E-state index contributed by atoms with van der Waals surface area (Å²) in [6, 6.07) is 5.94. The van der Waals surface area contributed by atoms with Gasteiger partial charge in [0.2, 0.25) is 5.95 Å². The van der Waals surface area contributed by atoms with E-state index >= 15 is 0 Å². The van der Waals surface area contributed by atoms with E-state index in [0.717, 1.165) is 30.3 Å². The van der Waals surface area contributed by atoms with Gasteiger partial charge in [-0.2, -0.15) is 0 Å². The molecule has 5 heteroatoms. The van der Waals surface area contributed by atoms with Gasteiger partial charge in [-0.25, -0.2) is 0 Å². The summed E-state index contributed by atoms with van der Waals surface area (Å²) in [6.45, 7) is 0. The van der Waals surface area contributed by atoms with E-state index in [9.17, 15) is 0 Å². The average molecular weight is 217 g/mol. The highest BCUT2D eigenvalue weighted by atomic mass is 15.3. The zero-order valence-electron chi connectivity index (χ0n) is 9.51. The van der Waals surface area contributed by atoms with E-state index in [1.807, 2.05) is 43.1 Å². The van der Waals surface area contributed by atoms with Gasteiger partial charge in [-0.1, -0.05) is 6.07 Å². The van der Waals surface area contributed by atoms with Gasteiger partial charge in [0.1, 0.15) is 5.82 Å². The molecule has 2 heterocycles. The highest BCUT2D eigenvalue weighted by Gasteiger charge is 2.06. The first-order valence-electron chi connectivity index (χ1n) is 5.27. The maximum atomic E-state index is 4.28. The number of hydrogen-bond donors (Lipinski definition) is 1. The summed E-state index contributed by atoms with van der Waals surface area (Å²) in [5.41, 5.74) is 1.08. The number of nitrogens with zero attached hydrogens (tertiary/aromatic N) is 4. The first-order valence-corrected chi connectivity index (χ1v) is 5.27. The van der Waals surface area contributed by atoms with Crippen molar-refractivity contribution in [3.05, 3.63) is 35.9 Å². The van der Waals surface area contributed by atoms with E-state index in [1.165, 1.54) is 0 Å². The summed E-state index contributed by atoms with van der Waals surface area (Å²) in [6.07, 6.45) is 3.55. The largest absolute Gasteiger partial charge is 0.357 e. The topological polar surface area (TPSA) is 55.6 Å². The van der Waals surface area contributed by atoms with E-state index in [4.69, 9.17) is 0 Å². The summed E-state index contributed by atoms with van der Waals surface area (Å²) in [4.78, 5) is 4.28. The monoisotopic (exact) mass is 217 g/mol. The summed E-state index contributed by atoms with van der Waals surface area (Å²) in [5.74, 6) is 1.76. The molecule has 0 aliphatic rings. The summed E-state index contributed by atoms with van der Waals surface area (Å²) in [5, 5.41) is 11.1. The number of rotatable bonds is 4. The zero-order valence-corrected chi connectivity index (χ0v) is 9.51. The molecule has 5 nitrogen and oxygen atoms in total. The first-order chi connectivity index (χ1) is 7.81. The minimum atomic E-state index is 0.788. The Kier molecular flexibility index (Phi) is 3.14. The molecule has 16 heavy (non-hydrogen) atoms. The Bertz CT molecular complexity index is 449. The van der Waals surface area contributed by atoms with E-state index in [-0.39, 0.29) is 0 Å². The summed E-state index contributed by atoms with van der Waals surface area (Å²) in [7, 11) is 3.80. The van der Waals surface area contributed by atoms with Crippen LogP contribution >= 0.6 is 0 Å². The molecule has 84 valence electrons. The van der Waals surface area contributed by atoms with Crippen LogP contribution in [-0.4, -0.2) is 26.8 Å². The van der Waals surface area contributed by atoms with Crippen LogP contribution < -0.4 is 5.32 Å². The standard InChI is InChI=1S/C11H15N5/c1-12-11-15-14-10(16(11)2)7-6-9-5-3-4-8-13-9/h3-5,8H,6-7H2,1-2H3,(H,12,15). The van der Waals surface area contributed by atoms with Crippen LogP contribution in [0.4, 0.5) is 5.95 Å². The number of anilines is 1. The molecule has 0 fully saturated rings. The van der Waals surface area contributed by atoms with Crippen molar-refractivity contribution in [1.82, 2.24) is 19.7 Å². The highest BCUT2D eigenvalue weighted by molar-refractivity contribution is 5.23. The Labute approximate surface area is 94.5 Å². The molecular weight excluding hydrogens is 202 g/mol. The first kappa shape index (κ1) is 10.6. The molecule has 0 spiro atoms. The van der Waals surface area contributed by atoms with Gasteiger partial charge in [0, 0.05) is 32.4 Å². The van der Waals surface area contributed by atoms with E-state index in [1.54, 1.807) is 0 Å². The fourth-order valence-electron chi connectivity index (χ4n) is 1.58. The van der Waals surface area contributed by atoms with Crippen molar-refractivity contribution in [3.8, 4) is 0 Å². The fourth-order valence-corrected chi connectivity index (χ4v) is 1.58. The number of aryl methyl sites for hydroxylation is 2. The molecule has 0 saturated carbocycles. The van der Waals surface area contributed by atoms with Crippen molar-refractivity contribution < 1.29 is 0 Å². The normalized spacial score (nSPS) is 10.4. The van der Waals surface area contributed by atoms with Crippen LogP contribution in [0.5, 0.6) is 0 Å².